The minimum atomic E-state index is -1.24. The lowest BCUT2D eigenvalue weighted by Gasteiger charge is -2.59. The zero-order valence-electron chi connectivity index (χ0n) is 24.6. The Balaban J connectivity index is 0.00000368. The molecule has 0 radical (unpaired) electrons. The van der Waals surface area contributed by atoms with Gasteiger partial charge in [-0.05, 0) is 106 Å². The van der Waals surface area contributed by atoms with Crippen LogP contribution in [0.25, 0.3) is 22.4 Å². The second kappa shape index (κ2) is 12.8. The van der Waals surface area contributed by atoms with Gasteiger partial charge >= 0.3 is 5.97 Å². The predicted molar refractivity (Wildman–Crippen MR) is 171 cm³/mol. The van der Waals surface area contributed by atoms with Crippen molar-refractivity contribution in [2.24, 2.45) is 23.7 Å². The maximum atomic E-state index is 13.8. The number of rotatable bonds is 10. The highest BCUT2D eigenvalue weighted by molar-refractivity contribution is 6.32. The SMILES string of the molecule is CN(C)CCCOc1cc(-c2nc(C(=O)NC3(C(=O)O)C4CC5CC(C4)CC3C5)ccc2-c2ccccc2)ccc1Cl.Cl. The molecule has 0 saturated heterocycles. The van der Waals surface area contributed by atoms with Gasteiger partial charge in [0.1, 0.15) is 17.0 Å². The minimum Gasteiger partial charge on any atom is -0.492 e. The maximum absolute atomic E-state index is 13.8. The van der Waals surface area contributed by atoms with Gasteiger partial charge < -0.3 is 20.1 Å². The number of carbonyl (C=O) groups excluding carboxylic acids is 1. The Labute approximate surface area is 264 Å². The monoisotopic (exact) mass is 623 g/mol. The first-order valence-electron chi connectivity index (χ1n) is 14.9. The van der Waals surface area contributed by atoms with E-state index in [1.165, 1.54) is 6.42 Å². The third-order valence-corrected chi connectivity index (χ3v) is 9.84. The van der Waals surface area contributed by atoms with Gasteiger partial charge in [-0.1, -0.05) is 48.0 Å². The lowest BCUT2D eigenvalue weighted by Crippen LogP contribution is -2.70. The second-order valence-corrected chi connectivity index (χ2v) is 12.9. The van der Waals surface area contributed by atoms with Crippen LogP contribution in [0.3, 0.4) is 0 Å². The number of nitrogens with one attached hydrogen (secondary N) is 1. The van der Waals surface area contributed by atoms with Gasteiger partial charge in [-0.15, -0.1) is 12.4 Å². The summed E-state index contributed by atoms with van der Waals surface area (Å²) in [6.45, 7) is 1.42. The fourth-order valence-electron chi connectivity index (χ4n) is 7.77. The summed E-state index contributed by atoms with van der Waals surface area (Å²) >= 11 is 6.50. The molecule has 9 heteroatoms. The average molecular weight is 625 g/mol. The van der Waals surface area contributed by atoms with Crippen LogP contribution in [-0.4, -0.2) is 59.7 Å². The first-order chi connectivity index (χ1) is 20.2. The van der Waals surface area contributed by atoms with Gasteiger partial charge in [0.05, 0.1) is 17.3 Å². The quantitative estimate of drug-likeness (QED) is 0.240. The molecule has 4 aliphatic rings. The summed E-state index contributed by atoms with van der Waals surface area (Å²) in [5.41, 5.74) is 2.14. The van der Waals surface area contributed by atoms with Crippen LogP contribution in [-0.2, 0) is 4.79 Å². The van der Waals surface area contributed by atoms with Gasteiger partial charge in [0.2, 0.25) is 0 Å². The van der Waals surface area contributed by atoms with E-state index in [4.69, 9.17) is 21.3 Å². The van der Waals surface area contributed by atoms with Crippen LogP contribution >= 0.6 is 24.0 Å². The Morgan fingerprint density at radius 1 is 0.977 bits per heavy atom. The van der Waals surface area contributed by atoms with E-state index in [1.54, 1.807) is 12.1 Å². The van der Waals surface area contributed by atoms with Crippen molar-refractivity contribution in [3.63, 3.8) is 0 Å². The Morgan fingerprint density at radius 3 is 2.28 bits per heavy atom. The molecular weight excluding hydrogens is 585 g/mol. The van der Waals surface area contributed by atoms with Gasteiger partial charge in [0.15, 0.2) is 0 Å². The summed E-state index contributed by atoms with van der Waals surface area (Å²) in [7, 11) is 4.05. The zero-order valence-corrected chi connectivity index (χ0v) is 26.2. The Bertz CT molecular complexity index is 1450. The summed E-state index contributed by atoms with van der Waals surface area (Å²) < 4.78 is 6.04. The fraction of sp³-hybridized carbons (Fsp3) is 0.441. The van der Waals surface area contributed by atoms with Gasteiger partial charge in [-0.3, -0.25) is 4.79 Å². The predicted octanol–water partition coefficient (Wildman–Crippen LogP) is 6.83. The lowest BCUT2D eigenvalue weighted by atomic mass is 9.48. The Kier molecular flexibility index (Phi) is 9.35. The summed E-state index contributed by atoms with van der Waals surface area (Å²) in [6.07, 6.45) is 5.53. The number of carbonyl (C=O) groups is 2. The molecular formula is C34H39Cl2N3O4. The standard InChI is InChI=1S/C34H38ClN3O4.ClH/c1-38(2)13-6-14-42-30-20-24(9-11-28(30)35)31-27(23-7-4-3-5-8-23)10-12-29(36-31)32(39)37-34(33(40)41)25-16-21-15-22(18-25)19-26(34)17-21;/h3-5,7-12,20-22,25-26H,6,13-19H2,1-2H3,(H,37,39)(H,40,41);1H. The third kappa shape index (κ3) is 6.13. The molecule has 0 spiro atoms. The number of carboxylic acids is 1. The van der Waals surface area contributed by atoms with Crippen LogP contribution < -0.4 is 10.1 Å². The van der Waals surface area contributed by atoms with E-state index >= 15 is 0 Å². The van der Waals surface area contributed by atoms with Crippen LogP contribution in [0.4, 0.5) is 0 Å². The first kappa shape index (κ1) is 31.3. The van der Waals surface area contributed by atoms with E-state index < -0.39 is 17.4 Å². The van der Waals surface area contributed by atoms with E-state index in [1.807, 2.05) is 62.6 Å². The van der Waals surface area contributed by atoms with Crippen molar-refractivity contribution in [3.05, 3.63) is 71.4 Å². The Morgan fingerprint density at radius 2 is 1.65 bits per heavy atom. The number of ether oxygens (including phenoxy) is 1. The molecule has 4 aliphatic carbocycles. The minimum absolute atomic E-state index is 0. The molecule has 3 aromatic rings. The smallest absolute Gasteiger partial charge is 0.330 e. The van der Waals surface area contributed by atoms with E-state index in [0.29, 0.717) is 34.9 Å². The third-order valence-electron chi connectivity index (χ3n) is 9.52. The van der Waals surface area contributed by atoms with Crippen molar-refractivity contribution >= 4 is 35.9 Å². The van der Waals surface area contributed by atoms with Gasteiger partial charge in [0.25, 0.3) is 5.91 Å². The van der Waals surface area contributed by atoms with Crippen molar-refractivity contribution in [2.75, 3.05) is 27.2 Å². The number of aliphatic carboxylic acids is 1. The Hall–Kier alpha value is -3.13. The number of hydrogen-bond donors (Lipinski definition) is 2. The molecule has 43 heavy (non-hydrogen) atoms. The lowest BCUT2D eigenvalue weighted by molar-refractivity contribution is -0.163. The highest BCUT2D eigenvalue weighted by Crippen LogP contribution is 2.58. The molecule has 228 valence electrons. The van der Waals surface area contributed by atoms with E-state index in [2.05, 4.69) is 10.2 Å². The molecule has 2 N–H and O–H groups in total. The molecule has 0 aliphatic heterocycles. The van der Waals surface area contributed by atoms with Gasteiger partial charge in [0, 0.05) is 17.7 Å². The molecule has 0 atom stereocenters. The van der Waals surface area contributed by atoms with Crippen LogP contribution in [0.15, 0.2) is 60.7 Å². The van der Waals surface area contributed by atoms with E-state index in [-0.39, 0.29) is 29.9 Å². The molecule has 1 heterocycles. The normalized spacial score (nSPS) is 25.3. The number of benzene rings is 2. The van der Waals surface area contributed by atoms with Crippen molar-refractivity contribution in [3.8, 4) is 28.1 Å². The number of nitrogens with zero attached hydrogens (tertiary/aromatic N) is 2. The van der Waals surface area contributed by atoms with Crippen LogP contribution in [0.1, 0.15) is 49.0 Å². The summed E-state index contributed by atoms with van der Waals surface area (Å²) in [5, 5.41) is 14.1. The summed E-state index contributed by atoms with van der Waals surface area (Å²) in [4.78, 5) is 33.7. The van der Waals surface area contributed by atoms with Crippen molar-refractivity contribution < 1.29 is 19.4 Å². The largest absolute Gasteiger partial charge is 0.492 e. The number of hydrogen-bond acceptors (Lipinski definition) is 5. The van der Waals surface area contributed by atoms with Gasteiger partial charge in [-0.25, -0.2) is 9.78 Å². The highest BCUT2D eigenvalue weighted by Gasteiger charge is 2.62. The number of carboxylic acid groups (broad SMARTS) is 1. The molecule has 0 unspecified atom stereocenters. The molecule has 1 amide bonds. The molecule has 2 aromatic carbocycles. The van der Waals surface area contributed by atoms with Crippen LogP contribution in [0, 0.1) is 23.7 Å². The fourth-order valence-corrected chi connectivity index (χ4v) is 7.94. The molecule has 7 nitrogen and oxygen atoms in total. The molecule has 4 fully saturated rings. The van der Waals surface area contributed by atoms with Gasteiger partial charge in [-0.2, -0.15) is 0 Å². The molecule has 4 bridgehead atoms. The summed E-state index contributed by atoms with van der Waals surface area (Å²) in [5.74, 6) is 0.275. The van der Waals surface area contributed by atoms with Crippen molar-refractivity contribution in [1.29, 1.82) is 0 Å². The maximum Gasteiger partial charge on any atom is 0.330 e. The molecule has 1 aromatic heterocycles. The number of halogens is 2. The van der Waals surface area contributed by atoms with Crippen molar-refractivity contribution in [1.82, 2.24) is 15.2 Å². The van der Waals surface area contributed by atoms with Crippen LogP contribution in [0.5, 0.6) is 5.75 Å². The topological polar surface area (TPSA) is 91.8 Å². The van der Waals surface area contributed by atoms with Crippen LogP contribution in [0.2, 0.25) is 5.02 Å². The van der Waals surface area contributed by atoms with E-state index in [9.17, 15) is 14.7 Å². The zero-order chi connectivity index (χ0) is 29.4. The second-order valence-electron chi connectivity index (χ2n) is 12.5. The number of aromatic nitrogens is 1. The number of amides is 1. The average Bonchev–Trinajstić information content (AvgIpc) is 2.97. The highest BCUT2D eigenvalue weighted by atomic mass is 35.5. The first-order valence-corrected chi connectivity index (χ1v) is 15.3. The summed E-state index contributed by atoms with van der Waals surface area (Å²) in [6, 6.07) is 19.0. The number of pyridine rings is 1. The van der Waals surface area contributed by atoms with E-state index in [0.717, 1.165) is 55.3 Å². The van der Waals surface area contributed by atoms with Crippen molar-refractivity contribution in [2.45, 2.75) is 44.1 Å². The molecule has 7 rings (SSSR count). The molecule has 4 saturated carbocycles.